The maximum absolute atomic E-state index is 12.3. The first-order valence-electron chi connectivity index (χ1n) is 8.58. The predicted molar refractivity (Wildman–Crippen MR) is 103 cm³/mol. The fraction of sp³-hybridized carbons (Fsp3) is 0.444. The van der Waals surface area contributed by atoms with Crippen LogP contribution in [-0.2, 0) is 25.1 Å². The third-order valence-electron chi connectivity index (χ3n) is 3.70. The van der Waals surface area contributed by atoms with Gasteiger partial charge in [0.2, 0.25) is 11.8 Å². The average Bonchev–Trinajstić information content (AvgIpc) is 2.94. The molecule has 0 spiro atoms. The van der Waals surface area contributed by atoms with E-state index in [9.17, 15) is 13.2 Å². The van der Waals surface area contributed by atoms with Gasteiger partial charge in [-0.1, -0.05) is 23.7 Å². The van der Waals surface area contributed by atoms with Gasteiger partial charge in [0.15, 0.2) is 9.84 Å². The molecule has 1 amide bonds. The number of carbonyl (C=O) groups excluding carboxylic acids is 1. The number of aryl methyl sites for hydroxylation is 1. The summed E-state index contributed by atoms with van der Waals surface area (Å²) >= 11 is 6.12. The number of nitrogens with zero attached hydrogens (tertiary/aromatic N) is 1. The highest BCUT2D eigenvalue weighted by molar-refractivity contribution is 7.91. The van der Waals surface area contributed by atoms with Gasteiger partial charge in [0.05, 0.1) is 22.0 Å². The number of sulfone groups is 1. The fourth-order valence-corrected chi connectivity index (χ4v) is 3.87. The molecule has 27 heavy (non-hydrogen) atoms. The van der Waals surface area contributed by atoms with Gasteiger partial charge in [-0.25, -0.2) is 13.4 Å². The summed E-state index contributed by atoms with van der Waals surface area (Å²) < 4.78 is 35.4. The molecule has 0 saturated heterocycles. The van der Waals surface area contributed by atoms with Crippen molar-refractivity contribution in [2.45, 2.75) is 26.0 Å². The molecule has 0 bridgehead atoms. The SMILES string of the molecule is CCOCCCNC(=O)CS(=O)(=O)Cc1nc(-c2ccccc2Cl)oc1C. The van der Waals surface area contributed by atoms with Crippen molar-refractivity contribution in [1.82, 2.24) is 10.3 Å². The van der Waals surface area contributed by atoms with E-state index in [0.717, 1.165) is 0 Å². The number of amides is 1. The van der Waals surface area contributed by atoms with Gasteiger partial charge in [-0.15, -0.1) is 0 Å². The van der Waals surface area contributed by atoms with E-state index in [1.807, 2.05) is 6.92 Å². The third kappa shape index (κ3) is 6.64. The molecule has 0 fully saturated rings. The Morgan fingerprint density at radius 2 is 2.07 bits per heavy atom. The zero-order valence-electron chi connectivity index (χ0n) is 15.3. The minimum absolute atomic E-state index is 0.253. The molecule has 0 unspecified atom stereocenters. The minimum atomic E-state index is -3.68. The zero-order valence-corrected chi connectivity index (χ0v) is 16.9. The van der Waals surface area contributed by atoms with Crippen molar-refractivity contribution in [3.8, 4) is 11.5 Å². The molecule has 0 aliphatic rings. The number of ether oxygens (including phenoxy) is 1. The highest BCUT2D eigenvalue weighted by atomic mass is 35.5. The molecule has 1 aromatic carbocycles. The monoisotopic (exact) mass is 414 g/mol. The molecule has 1 N–H and O–H groups in total. The van der Waals surface area contributed by atoms with E-state index < -0.39 is 21.5 Å². The number of hydrogen-bond donors (Lipinski definition) is 1. The molecule has 148 valence electrons. The molecule has 7 nitrogen and oxygen atoms in total. The molecule has 0 aliphatic heterocycles. The normalized spacial score (nSPS) is 11.5. The van der Waals surface area contributed by atoms with E-state index in [-0.39, 0.29) is 17.3 Å². The molecule has 0 radical (unpaired) electrons. The predicted octanol–water partition coefficient (Wildman–Crippen LogP) is 2.76. The highest BCUT2D eigenvalue weighted by Gasteiger charge is 2.22. The van der Waals surface area contributed by atoms with Crippen LogP contribution in [0.15, 0.2) is 28.7 Å². The maximum Gasteiger partial charge on any atom is 0.235 e. The van der Waals surface area contributed by atoms with Gasteiger partial charge in [0, 0.05) is 19.8 Å². The molecule has 9 heteroatoms. The van der Waals surface area contributed by atoms with E-state index in [1.54, 1.807) is 31.2 Å². The van der Waals surface area contributed by atoms with E-state index in [0.29, 0.717) is 42.5 Å². The second-order valence-electron chi connectivity index (χ2n) is 5.93. The molecule has 0 atom stereocenters. The molecule has 1 aromatic heterocycles. The fourth-order valence-electron chi connectivity index (χ4n) is 2.37. The van der Waals surface area contributed by atoms with Crippen LogP contribution < -0.4 is 5.32 Å². The van der Waals surface area contributed by atoms with Crippen molar-refractivity contribution >= 4 is 27.3 Å². The van der Waals surface area contributed by atoms with Gasteiger partial charge in [-0.2, -0.15) is 0 Å². The van der Waals surface area contributed by atoms with Gasteiger partial charge < -0.3 is 14.5 Å². The first-order chi connectivity index (χ1) is 12.8. The molecular weight excluding hydrogens is 392 g/mol. The van der Waals surface area contributed by atoms with Crippen LogP contribution in [-0.4, -0.2) is 44.8 Å². The van der Waals surface area contributed by atoms with Crippen LogP contribution >= 0.6 is 11.6 Å². The van der Waals surface area contributed by atoms with Gasteiger partial charge in [0.25, 0.3) is 0 Å². The lowest BCUT2D eigenvalue weighted by Gasteiger charge is -2.06. The molecule has 2 rings (SSSR count). The van der Waals surface area contributed by atoms with Gasteiger partial charge >= 0.3 is 0 Å². The highest BCUT2D eigenvalue weighted by Crippen LogP contribution is 2.28. The van der Waals surface area contributed by atoms with Crippen LogP contribution in [0.3, 0.4) is 0 Å². The largest absolute Gasteiger partial charge is 0.441 e. The van der Waals surface area contributed by atoms with Crippen LogP contribution in [0.2, 0.25) is 5.02 Å². The Balaban J connectivity index is 1.97. The topological polar surface area (TPSA) is 98.5 Å². The van der Waals surface area contributed by atoms with Crippen LogP contribution in [0.5, 0.6) is 0 Å². The van der Waals surface area contributed by atoms with Crippen molar-refractivity contribution in [2.75, 3.05) is 25.5 Å². The summed E-state index contributed by atoms with van der Waals surface area (Å²) in [6.07, 6.45) is 0.628. The lowest BCUT2D eigenvalue weighted by atomic mass is 10.2. The maximum atomic E-state index is 12.3. The van der Waals surface area contributed by atoms with Gasteiger partial charge in [-0.3, -0.25) is 4.79 Å². The summed E-state index contributed by atoms with van der Waals surface area (Å²) in [7, 11) is -3.68. The molecule has 2 aromatic rings. The van der Waals surface area contributed by atoms with E-state index >= 15 is 0 Å². The molecule has 0 aliphatic carbocycles. The average molecular weight is 415 g/mol. The first-order valence-corrected chi connectivity index (χ1v) is 10.8. The number of aromatic nitrogens is 1. The Hall–Kier alpha value is -1.90. The number of halogens is 1. The third-order valence-corrected chi connectivity index (χ3v) is 5.44. The second-order valence-corrected chi connectivity index (χ2v) is 8.41. The first kappa shape index (κ1) is 21.4. The molecule has 1 heterocycles. The Labute approximate surface area is 164 Å². The number of carbonyl (C=O) groups is 1. The summed E-state index contributed by atoms with van der Waals surface area (Å²) in [6.45, 7) is 5.01. The quantitative estimate of drug-likeness (QED) is 0.600. The zero-order chi connectivity index (χ0) is 19.9. The summed E-state index contributed by atoms with van der Waals surface area (Å²) in [6, 6.07) is 7.00. The minimum Gasteiger partial charge on any atom is -0.441 e. The van der Waals surface area contributed by atoms with Crippen molar-refractivity contribution in [3.05, 3.63) is 40.7 Å². The summed E-state index contributed by atoms with van der Waals surface area (Å²) in [5, 5.41) is 3.04. The Bertz CT molecular complexity index is 880. The van der Waals surface area contributed by atoms with Crippen molar-refractivity contribution in [1.29, 1.82) is 0 Å². The van der Waals surface area contributed by atoms with Crippen LogP contribution in [0.4, 0.5) is 0 Å². The lowest BCUT2D eigenvalue weighted by Crippen LogP contribution is -2.32. The summed E-state index contributed by atoms with van der Waals surface area (Å²) in [4.78, 5) is 16.1. The smallest absolute Gasteiger partial charge is 0.235 e. The van der Waals surface area contributed by atoms with Crippen molar-refractivity contribution in [2.24, 2.45) is 0 Å². The van der Waals surface area contributed by atoms with E-state index in [1.165, 1.54) is 0 Å². The van der Waals surface area contributed by atoms with E-state index in [2.05, 4.69) is 10.3 Å². The lowest BCUT2D eigenvalue weighted by molar-refractivity contribution is -0.118. The van der Waals surface area contributed by atoms with Crippen LogP contribution in [0.25, 0.3) is 11.5 Å². The number of nitrogens with one attached hydrogen (secondary N) is 1. The summed E-state index contributed by atoms with van der Waals surface area (Å²) in [5.74, 6) is -0.887. The standard InChI is InChI=1S/C18H23ClN2O5S/c1-3-25-10-6-9-20-17(22)12-27(23,24)11-16-13(2)26-18(21-16)14-7-4-5-8-15(14)19/h4-5,7-8H,3,6,9-12H2,1-2H3,(H,20,22). The number of oxazole rings is 1. The molecular formula is C18H23ClN2O5S. The Morgan fingerprint density at radius 3 is 2.78 bits per heavy atom. The van der Waals surface area contributed by atoms with E-state index in [4.69, 9.17) is 20.8 Å². The summed E-state index contributed by atoms with van der Waals surface area (Å²) in [5.41, 5.74) is 0.854. The Kier molecular flexibility index (Phi) is 7.82. The van der Waals surface area contributed by atoms with Crippen LogP contribution in [0.1, 0.15) is 24.8 Å². The van der Waals surface area contributed by atoms with Crippen LogP contribution in [0, 0.1) is 6.92 Å². The van der Waals surface area contributed by atoms with Crippen molar-refractivity contribution in [3.63, 3.8) is 0 Å². The molecule has 0 saturated carbocycles. The second kappa shape index (κ2) is 9.87. The van der Waals surface area contributed by atoms with Gasteiger partial charge in [0.1, 0.15) is 11.5 Å². The van der Waals surface area contributed by atoms with Gasteiger partial charge in [-0.05, 0) is 32.4 Å². The van der Waals surface area contributed by atoms with Crippen molar-refractivity contribution < 1.29 is 22.4 Å². The number of hydrogen-bond acceptors (Lipinski definition) is 6. The number of rotatable bonds is 10. The number of benzene rings is 1. The Morgan fingerprint density at radius 1 is 1.33 bits per heavy atom.